The van der Waals surface area contributed by atoms with Crippen LogP contribution in [0.25, 0.3) is 21.6 Å². The molecule has 26 heavy (non-hydrogen) atoms. The monoisotopic (exact) mass is 381 g/mol. The van der Waals surface area contributed by atoms with E-state index in [-0.39, 0.29) is 5.41 Å². The lowest BCUT2D eigenvalue weighted by molar-refractivity contribution is 0.278. The van der Waals surface area contributed by atoms with Crippen LogP contribution in [-0.2, 0) is 12.5 Å². The Morgan fingerprint density at radius 2 is 1.85 bits per heavy atom. The third-order valence-corrected chi connectivity index (χ3v) is 6.37. The predicted octanol–water partition coefficient (Wildman–Crippen LogP) is 4.61. The second-order valence-electron chi connectivity index (χ2n) is 6.80. The van der Waals surface area contributed by atoms with E-state index in [1.807, 2.05) is 31.3 Å². The molecule has 7 heteroatoms. The first kappa shape index (κ1) is 15.9. The molecule has 130 valence electrons. The molecule has 0 amide bonds. The van der Waals surface area contributed by atoms with Gasteiger partial charge in [-0.2, -0.15) is 0 Å². The molecule has 0 aliphatic heterocycles. The van der Waals surface area contributed by atoms with Crippen LogP contribution < -0.4 is 0 Å². The molecule has 4 aromatic rings. The van der Waals surface area contributed by atoms with Crippen LogP contribution in [0.1, 0.15) is 30.7 Å². The van der Waals surface area contributed by atoms with Gasteiger partial charge in [0.15, 0.2) is 5.82 Å². The molecule has 0 N–H and O–H groups in total. The molecule has 5 rings (SSSR count). The number of benzene rings is 2. The first-order valence-corrected chi connectivity index (χ1v) is 9.71. The predicted molar refractivity (Wildman–Crippen MR) is 103 cm³/mol. The molecule has 0 spiro atoms. The number of rotatable bonds is 3. The fourth-order valence-corrected chi connectivity index (χ4v) is 4.52. The highest BCUT2D eigenvalue weighted by Crippen LogP contribution is 2.48. The minimum absolute atomic E-state index is 0.0725. The van der Waals surface area contributed by atoms with Crippen LogP contribution in [-0.4, -0.2) is 24.4 Å². The van der Waals surface area contributed by atoms with Crippen LogP contribution >= 0.6 is 23.1 Å². The van der Waals surface area contributed by atoms with Crippen molar-refractivity contribution in [3.63, 3.8) is 0 Å². The van der Waals surface area contributed by atoms with Crippen LogP contribution in [0, 0.1) is 0 Å². The Kier molecular flexibility index (Phi) is 3.58. The van der Waals surface area contributed by atoms with E-state index in [1.165, 1.54) is 23.5 Å². The van der Waals surface area contributed by atoms with E-state index < -0.39 is 0 Å². The van der Waals surface area contributed by atoms with Crippen molar-refractivity contribution in [3.8, 4) is 11.4 Å². The molecule has 5 nitrogen and oxygen atoms in total. The summed E-state index contributed by atoms with van der Waals surface area (Å²) >= 11 is 7.48. The van der Waals surface area contributed by atoms with Crippen molar-refractivity contribution in [1.82, 2.24) is 24.4 Å². The van der Waals surface area contributed by atoms with Crippen molar-refractivity contribution in [2.24, 2.45) is 7.05 Å². The average Bonchev–Trinajstić information content (AvgIpc) is 3.22. The lowest BCUT2D eigenvalue weighted by atomic mass is 9.64. The molecule has 2 aromatic heterocycles. The second-order valence-corrected chi connectivity index (χ2v) is 8.03. The summed E-state index contributed by atoms with van der Waals surface area (Å²) in [5, 5.41) is 14.0. The van der Waals surface area contributed by atoms with Gasteiger partial charge in [0, 0.05) is 17.6 Å². The van der Waals surface area contributed by atoms with Crippen LogP contribution in [0.3, 0.4) is 0 Å². The van der Waals surface area contributed by atoms with Gasteiger partial charge >= 0.3 is 0 Å². The van der Waals surface area contributed by atoms with E-state index in [0.29, 0.717) is 0 Å². The Balaban J connectivity index is 1.61. The van der Waals surface area contributed by atoms with Crippen molar-refractivity contribution < 1.29 is 0 Å². The maximum atomic E-state index is 6.08. The number of hydrogen-bond donors (Lipinski definition) is 0. The van der Waals surface area contributed by atoms with Gasteiger partial charge in [-0.05, 0) is 60.3 Å². The van der Waals surface area contributed by atoms with Crippen LogP contribution in [0.5, 0.6) is 0 Å². The molecule has 1 fully saturated rings. The summed E-state index contributed by atoms with van der Waals surface area (Å²) in [5.41, 5.74) is 3.09. The van der Waals surface area contributed by atoms with E-state index in [2.05, 4.69) is 42.6 Å². The number of aromatic nitrogens is 5. The van der Waals surface area contributed by atoms with Gasteiger partial charge < -0.3 is 4.57 Å². The lowest BCUT2D eigenvalue weighted by Crippen LogP contribution is -2.38. The summed E-state index contributed by atoms with van der Waals surface area (Å²) in [7, 11) is 2.05. The maximum absolute atomic E-state index is 6.08. The maximum Gasteiger partial charge on any atom is 0.163 e. The van der Waals surface area contributed by atoms with Gasteiger partial charge in [-0.1, -0.05) is 34.6 Å². The summed E-state index contributed by atoms with van der Waals surface area (Å²) in [4.78, 5) is 0. The molecule has 1 aliphatic rings. The van der Waals surface area contributed by atoms with E-state index >= 15 is 0 Å². The van der Waals surface area contributed by atoms with E-state index in [0.717, 1.165) is 45.3 Å². The molecule has 0 bridgehead atoms. The third kappa shape index (κ3) is 2.29. The molecule has 1 aliphatic carbocycles. The first-order valence-electron chi connectivity index (χ1n) is 8.56. The summed E-state index contributed by atoms with van der Waals surface area (Å²) in [6, 6.07) is 14.3. The number of hydrogen-bond acceptors (Lipinski definition) is 5. The van der Waals surface area contributed by atoms with Crippen molar-refractivity contribution in [3.05, 3.63) is 58.9 Å². The summed E-state index contributed by atoms with van der Waals surface area (Å²) in [5.74, 6) is 1.87. The molecule has 0 radical (unpaired) electrons. The largest absolute Gasteiger partial charge is 0.313 e. The minimum Gasteiger partial charge on any atom is -0.313 e. The zero-order chi connectivity index (χ0) is 17.7. The van der Waals surface area contributed by atoms with Gasteiger partial charge in [0.05, 0.1) is 10.1 Å². The van der Waals surface area contributed by atoms with Gasteiger partial charge in [0.2, 0.25) is 0 Å². The van der Waals surface area contributed by atoms with E-state index in [4.69, 9.17) is 11.6 Å². The zero-order valence-electron chi connectivity index (χ0n) is 14.2. The first-order chi connectivity index (χ1) is 12.7. The molecule has 0 atom stereocenters. The fourth-order valence-electron chi connectivity index (χ4n) is 3.86. The second kappa shape index (κ2) is 5.86. The molecule has 1 saturated carbocycles. The Morgan fingerprint density at radius 3 is 2.58 bits per heavy atom. The number of fused-ring (bicyclic) bond motifs is 1. The quantitative estimate of drug-likeness (QED) is 0.520. The molecular formula is C19H16ClN5S. The Bertz CT molecular complexity index is 1090. The van der Waals surface area contributed by atoms with Gasteiger partial charge in [-0.25, -0.2) is 0 Å². The highest BCUT2D eigenvalue weighted by molar-refractivity contribution is 7.12. The molecule has 2 aromatic carbocycles. The normalized spacial score (nSPS) is 15.9. The highest BCUT2D eigenvalue weighted by atomic mass is 35.5. The van der Waals surface area contributed by atoms with Crippen LogP contribution in [0.2, 0.25) is 5.02 Å². The van der Waals surface area contributed by atoms with Crippen LogP contribution in [0.4, 0.5) is 0 Å². The Hall–Kier alpha value is -2.31. The zero-order valence-corrected chi connectivity index (χ0v) is 15.8. The summed E-state index contributed by atoms with van der Waals surface area (Å²) in [6.45, 7) is 0. The summed E-state index contributed by atoms with van der Waals surface area (Å²) in [6.07, 6.45) is 3.35. The molecular weight excluding hydrogens is 366 g/mol. The molecule has 2 heterocycles. The smallest absolute Gasteiger partial charge is 0.163 e. The van der Waals surface area contributed by atoms with Crippen molar-refractivity contribution in [2.45, 2.75) is 24.7 Å². The minimum atomic E-state index is -0.0725. The third-order valence-electron chi connectivity index (χ3n) is 5.41. The number of halogens is 1. The van der Waals surface area contributed by atoms with Crippen LogP contribution in [0.15, 0.2) is 42.5 Å². The topological polar surface area (TPSA) is 56.5 Å². The Morgan fingerprint density at radius 1 is 1.04 bits per heavy atom. The fraction of sp³-hybridized carbons (Fsp3) is 0.263. The van der Waals surface area contributed by atoms with Gasteiger partial charge in [-0.15, -0.1) is 15.3 Å². The number of nitrogens with zero attached hydrogens (tertiary/aromatic N) is 5. The van der Waals surface area contributed by atoms with Gasteiger partial charge in [0.1, 0.15) is 11.3 Å². The van der Waals surface area contributed by atoms with Crippen molar-refractivity contribution in [1.29, 1.82) is 0 Å². The van der Waals surface area contributed by atoms with E-state index in [1.54, 1.807) is 0 Å². The standard InChI is InChI=1S/C19H16ClN5S/c1-25-17(12-3-8-16-15(11-12)21-24-26-16)22-23-18(25)19(9-2-10-19)13-4-6-14(20)7-5-13/h3-8,11H,2,9-10H2,1H3. The van der Waals surface area contributed by atoms with E-state index in [9.17, 15) is 0 Å². The SMILES string of the molecule is Cn1c(-c2ccc3snnc3c2)nnc1C1(c2ccc(Cl)cc2)CCC1. The van der Waals surface area contributed by atoms with Gasteiger partial charge in [0.25, 0.3) is 0 Å². The van der Waals surface area contributed by atoms with Crippen molar-refractivity contribution in [2.75, 3.05) is 0 Å². The molecule has 0 unspecified atom stereocenters. The Labute approximate surface area is 159 Å². The molecule has 0 saturated heterocycles. The lowest BCUT2D eigenvalue weighted by Gasteiger charge is -2.41. The average molecular weight is 382 g/mol. The van der Waals surface area contributed by atoms with Crippen molar-refractivity contribution >= 4 is 33.4 Å². The summed E-state index contributed by atoms with van der Waals surface area (Å²) < 4.78 is 7.21. The van der Waals surface area contributed by atoms with Gasteiger partial charge in [-0.3, -0.25) is 0 Å². The highest BCUT2D eigenvalue weighted by Gasteiger charge is 2.44.